The third-order valence-corrected chi connectivity index (χ3v) is 2.07. The molecule has 59 valence electrons. The molecule has 1 radical (unpaired) electrons. The molecule has 0 saturated carbocycles. The second kappa shape index (κ2) is 4.40. The van der Waals surface area contributed by atoms with Gasteiger partial charge in [0.05, 0.1) is 0 Å². The van der Waals surface area contributed by atoms with Gasteiger partial charge in [0, 0.05) is 5.88 Å². The van der Waals surface area contributed by atoms with E-state index in [0.717, 1.165) is 12.3 Å². The van der Waals surface area contributed by atoms with Crippen molar-refractivity contribution in [2.24, 2.45) is 0 Å². The number of rotatable bonds is 3. The minimum absolute atomic E-state index is 0.571. The second-order valence-electron chi connectivity index (χ2n) is 2.71. The van der Waals surface area contributed by atoms with E-state index in [1.54, 1.807) is 0 Å². The van der Waals surface area contributed by atoms with Crippen molar-refractivity contribution in [2.75, 3.05) is 5.88 Å². The lowest BCUT2D eigenvalue weighted by atomic mass is 9.99. The molecular weight excluding hydrogens is 156 g/mol. The summed E-state index contributed by atoms with van der Waals surface area (Å²) < 4.78 is 0. The minimum Gasteiger partial charge on any atom is -0.127 e. The Hall–Kier alpha value is -0.490. The highest BCUT2D eigenvalue weighted by molar-refractivity contribution is 6.17. The monoisotopic (exact) mass is 167 g/mol. The molecule has 0 aliphatic rings. The molecular formula is C10H12Cl. The van der Waals surface area contributed by atoms with Gasteiger partial charge in [0.25, 0.3) is 0 Å². The fourth-order valence-corrected chi connectivity index (χ4v) is 1.39. The quantitative estimate of drug-likeness (QED) is 0.607. The maximum absolute atomic E-state index is 5.64. The molecule has 1 heteroatoms. The minimum atomic E-state index is 0.571. The van der Waals surface area contributed by atoms with Crippen LogP contribution < -0.4 is 0 Å². The molecule has 0 saturated heterocycles. The highest BCUT2D eigenvalue weighted by Gasteiger charge is 2.01. The molecule has 1 aromatic rings. The number of alkyl halides is 1. The topological polar surface area (TPSA) is 0 Å². The first-order valence-corrected chi connectivity index (χ1v) is 4.40. The number of benzene rings is 1. The van der Waals surface area contributed by atoms with Gasteiger partial charge in [0.15, 0.2) is 0 Å². The fraction of sp³-hybridized carbons (Fsp3) is 0.400. The molecule has 0 amide bonds. The average molecular weight is 168 g/mol. The van der Waals surface area contributed by atoms with Crippen LogP contribution in [0, 0.1) is 6.07 Å². The van der Waals surface area contributed by atoms with Gasteiger partial charge in [-0.15, -0.1) is 11.6 Å². The Morgan fingerprint density at radius 2 is 2.09 bits per heavy atom. The summed E-state index contributed by atoms with van der Waals surface area (Å²) >= 11 is 5.64. The van der Waals surface area contributed by atoms with Crippen LogP contribution in [0.15, 0.2) is 24.3 Å². The first-order valence-electron chi connectivity index (χ1n) is 3.86. The van der Waals surface area contributed by atoms with E-state index in [-0.39, 0.29) is 0 Å². The van der Waals surface area contributed by atoms with Crippen molar-refractivity contribution in [3.8, 4) is 0 Å². The molecule has 0 aromatic heterocycles. The molecule has 0 bridgehead atoms. The summed E-state index contributed by atoms with van der Waals surface area (Å²) in [5, 5.41) is 0. The molecule has 0 spiro atoms. The normalized spacial score (nSPS) is 12.9. The Labute approximate surface area is 73.2 Å². The molecule has 0 nitrogen and oxygen atoms in total. The summed E-state index contributed by atoms with van der Waals surface area (Å²) in [6, 6.07) is 11.1. The van der Waals surface area contributed by atoms with Crippen LogP contribution in [0.2, 0.25) is 0 Å². The van der Waals surface area contributed by atoms with Crippen LogP contribution in [0.3, 0.4) is 0 Å². The van der Waals surface area contributed by atoms with Gasteiger partial charge in [-0.2, -0.15) is 0 Å². The van der Waals surface area contributed by atoms with Crippen LogP contribution in [-0.4, -0.2) is 5.88 Å². The van der Waals surface area contributed by atoms with E-state index in [4.69, 9.17) is 11.6 Å². The van der Waals surface area contributed by atoms with E-state index in [1.165, 1.54) is 5.56 Å². The summed E-state index contributed by atoms with van der Waals surface area (Å²) in [6.07, 6.45) is 1.05. The molecule has 1 aromatic carbocycles. The van der Waals surface area contributed by atoms with Crippen molar-refractivity contribution in [2.45, 2.75) is 19.3 Å². The smallest absolute Gasteiger partial charge is 0.0229 e. The summed E-state index contributed by atoms with van der Waals surface area (Å²) in [5.41, 5.74) is 1.35. The van der Waals surface area contributed by atoms with E-state index >= 15 is 0 Å². The van der Waals surface area contributed by atoms with Crippen LogP contribution >= 0.6 is 11.6 Å². The number of hydrogen-bond acceptors (Lipinski definition) is 0. The van der Waals surface area contributed by atoms with Gasteiger partial charge in [-0.3, -0.25) is 0 Å². The number of halogens is 1. The first-order chi connectivity index (χ1) is 5.34. The van der Waals surface area contributed by atoms with Crippen molar-refractivity contribution in [1.82, 2.24) is 0 Å². The predicted molar refractivity (Wildman–Crippen MR) is 49.0 cm³/mol. The summed E-state index contributed by atoms with van der Waals surface area (Å²) in [4.78, 5) is 0. The molecule has 1 rings (SSSR count). The maximum Gasteiger partial charge on any atom is 0.0229 e. The molecule has 1 atom stereocenters. The van der Waals surface area contributed by atoms with Crippen molar-refractivity contribution < 1.29 is 0 Å². The van der Waals surface area contributed by atoms with Gasteiger partial charge in [0.1, 0.15) is 0 Å². The van der Waals surface area contributed by atoms with E-state index in [2.05, 4.69) is 25.1 Å². The Morgan fingerprint density at radius 3 is 2.64 bits per heavy atom. The molecule has 11 heavy (non-hydrogen) atoms. The van der Waals surface area contributed by atoms with Crippen LogP contribution in [0.5, 0.6) is 0 Å². The van der Waals surface area contributed by atoms with E-state index in [0.29, 0.717) is 5.92 Å². The lowest BCUT2D eigenvalue weighted by Gasteiger charge is -2.08. The van der Waals surface area contributed by atoms with Crippen LogP contribution in [0.4, 0.5) is 0 Å². The van der Waals surface area contributed by atoms with Crippen LogP contribution in [0.25, 0.3) is 0 Å². The Bertz CT molecular complexity index is 193. The third-order valence-electron chi connectivity index (χ3n) is 1.86. The summed E-state index contributed by atoms with van der Waals surface area (Å²) in [6.45, 7) is 2.19. The van der Waals surface area contributed by atoms with E-state index in [9.17, 15) is 0 Å². The molecule has 0 N–H and O–H groups in total. The second-order valence-corrected chi connectivity index (χ2v) is 3.09. The lowest BCUT2D eigenvalue weighted by molar-refractivity contribution is 0.738. The van der Waals surface area contributed by atoms with E-state index in [1.807, 2.05) is 12.1 Å². The number of hydrogen-bond donors (Lipinski definition) is 0. The summed E-state index contributed by atoms with van der Waals surface area (Å²) in [5.74, 6) is 1.31. The summed E-state index contributed by atoms with van der Waals surface area (Å²) in [7, 11) is 0. The van der Waals surface area contributed by atoms with Crippen molar-refractivity contribution in [3.63, 3.8) is 0 Å². The van der Waals surface area contributed by atoms with Crippen molar-refractivity contribution in [1.29, 1.82) is 0 Å². The molecule has 0 aliphatic heterocycles. The van der Waals surface area contributed by atoms with Gasteiger partial charge in [-0.1, -0.05) is 31.2 Å². The van der Waals surface area contributed by atoms with Crippen LogP contribution in [0.1, 0.15) is 24.8 Å². The molecule has 0 fully saturated rings. The molecule has 0 aliphatic carbocycles. The van der Waals surface area contributed by atoms with E-state index < -0.39 is 0 Å². The van der Waals surface area contributed by atoms with Crippen LogP contribution in [-0.2, 0) is 0 Å². The van der Waals surface area contributed by atoms with Crippen molar-refractivity contribution >= 4 is 11.6 Å². The Balaban J connectivity index is 2.61. The van der Waals surface area contributed by atoms with Gasteiger partial charge in [-0.25, -0.2) is 0 Å². The highest BCUT2D eigenvalue weighted by atomic mass is 35.5. The third kappa shape index (κ3) is 2.55. The maximum atomic E-state index is 5.64. The fourth-order valence-electron chi connectivity index (χ4n) is 1.06. The molecule has 0 heterocycles. The largest absolute Gasteiger partial charge is 0.127 e. The molecule has 1 unspecified atom stereocenters. The zero-order valence-corrected chi connectivity index (χ0v) is 7.43. The SMILES string of the molecule is CC(CCCl)c1cc[c]cc1. The zero-order valence-electron chi connectivity index (χ0n) is 6.68. The van der Waals surface area contributed by atoms with Gasteiger partial charge < -0.3 is 0 Å². The van der Waals surface area contributed by atoms with Crippen molar-refractivity contribution in [3.05, 3.63) is 35.9 Å². The predicted octanol–water partition coefficient (Wildman–Crippen LogP) is 3.22. The average Bonchev–Trinajstić information content (AvgIpc) is 2.07. The highest BCUT2D eigenvalue weighted by Crippen LogP contribution is 2.18. The standard InChI is InChI=1S/C10H12Cl/c1-9(7-8-11)10-5-3-2-4-6-10/h3-6,9H,7-8H2,1H3. The van der Waals surface area contributed by atoms with Gasteiger partial charge in [0.2, 0.25) is 0 Å². The Kier molecular flexibility index (Phi) is 3.44. The first kappa shape index (κ1) is 8.61. The van der Waals surface area contributed by atoms with Gasteiger partial charge in [-0.05, 0) is 24.0 Å². The Morgan fingerprint density at radius 1 is 1.45 bits per heavy atom. The zero-order chi connectivity index (χ0) is 8.10. The lowest BCUT2D eigenvalue weighted by Crippen LogP contribution is -1.93. The van der Waals surface area contributed by atoms with Gasteiger partial charge >= 0.3 is 0 Å².